The Hall–Kier alpha value is -1.84. The molecule has 1 aliphatic heterocycles. The van der Waals surface area contributed by atoms with Gasteiger partial charge in [0.25, 0.3) is 5.91 Å². The molecule has 1 N–H and O–H groups in total. The molecule has 4 heteroatoms. The molecule has 3 atom stereocenters. The van der Waals surface area contributed by atoms with Crippen molar-refractivity contribution in [3.63, 3.8) is 0 Å². The molecule has 1 saturated heterocycles. The number of fused-ring (bicyclic) bond motifs is 1. The first kappa shape index (κ1) is 18.9. The van der Waals surface area contributed by atoms with Crippen LogP contribution in [0.2, 0.25) is 0 Å². The van der Waals surface area contributed by atoms with E-state index in [0.29, 0.717) is 23.9 Å². The smallest absolute Gasteiger partial charge is 0.254 e. The molecular formula is C22H32N2O2. The number of likely N-dealkylation sites (tertiary alicyclic amines) is 1. The van der Waals surface area contributed by atoms with Gasteiger partial charge in [0.15, 0.2) is 0 Å². The molecule has 0 bridgehead atoms. The van der Waals surface area contributed by atoms with Gasteiger partial charge in [0.05, 0.1) is 0 Å². The fraction of sp³-hybridized carbons (Fsp3) is 0.636. The number of nitrogens with zero attached hydrogens (tertiary/aromatic N) is 1. The van der Waals surface area contributed by atoms with Gasteiger partial charge in [0.1, 0.15) is 6.04 Å². The van der Waals surface area contributed by atoms with Crippen molar-refractivity contribution < 1.29 is 9.59 Å². The Morgan fingerprint density at radius 1 is 1.15 bits per heavy atom. The van der Waals surface area contributed by atoms with Gasteiger partial charge in [-0.25, -0.2) is 0 Å². The van der Waals surface area contributed by atoms with Gasteiger partial charge in [-0.15, -0.1) is 0 Å². The van der Waals surface area contributed by atoms with Gasteiger partial charge in [-0.05, 0) is 56.1 Å². The van der Waals surface area contributed by atoms with Crippen LogP contribution < -0.4 is 5.32 Å². The summed E-state index contributed by atoms with van der Waals surface area (Å²) in [7, 11) is 0. The van der Waals surface area contributed by atoms with Gasteiger partial charge in [-0.1, -0.05) is 44.9 Å². The maximum absolute atomic E-state index is 13.2. The Balaban J connectivity index is 1.71. The second kappa shape index (κ2) is 8.70. The van der Waals surface area contributed by atoms with E-state index in [0.717, 1.165) is 38.5 Å². The number of hydrogen-bond donors (Lipinski definition) is 1. The van der Waals surface area contributed by atoms with Gasteiger partial charge in [0, 0.05) is 18.2 Å². The van der Waals surface area contributed by atoms with E-state index in [-0.39, 0.29) is 23.9 Å². The van der Waals surface area contributed by atoms with Gasteiger partial charge < -0.3 is 10.2 Å². The van der Waals surface area contributed by atoms with Crippen molar-refractivity contribution in [1.82, 2.24) is 10.2 Å². The first-order valence-corrected chi connectivity index (χ1v) is 10.2. The topological polar surface area (TPSA) is 49.4 Å². The normalized spacial score (nSPS) is 25.2. The Bertz CT molecular complexity index is 614. The molecule has 0 radical (unpaired) electrons. The van der Waals surface area contributed by atoms with Gasteiger partial charge in [-0.2, -0.15) is 0 Å². The van der Waals surface area contributed by atoms with E-state index in [4.69, 9.17) is 0 Å². The highest BCUT2D eigenvalue weighted by atomic mass is 16.2. The summed E-state index contributed by atoms with van der Waals surface area (Å²) < 4.78 is 0. The number of amides is 2. The minimum absolute atomic E-state index is 0.0160. The molecule has 2 amide bonds. The summed E-state index contributed by atoms with van der Waals surface area (Å²) in [5, 5.41) is 3.09. The number of carbonyl (C=O) groups excluding carboxylic acids is 2. The van der Waals surface area contributed by atoms with E-state index in [9.17, 15) is 9.59 Å². The average molecular weight is 357 g/mol. The number of carbonyl (C=O) groups is 2. The zero-order valence-corrected chi connectivity index (χ0v) is 16.1. The first-order chi connectivity index (χ1) is 12.6. The highest BCUT2D eigenvalue weighted by Gasteiger charge is 2.47. The maximum atomic E-state index is 13.2. The molecule has 3 rings (SSSR count). The Morgan fingerprint density at radius 3 is 2.62 bits per heavy atom. The van der Waals surface area contributed by atoms with Crippen LogP contribution in [0, 0.1) is 11.8 Å². The maximum Gasteiger partial charge on any atom is 0.254 e. The molecule has 1 aromatic carbocycles. The molecule has 26 heavy (non-hydrogen) atoms. The van der Waals surface area contributed by atoms with Crippen molar-refractivity contribution in [3.8, 4) is 0 Å². The third kappa shape index (κ3) is 4.28. The molecule has 1 heterocycles. The fourth-order valence-electron chi connectivity index (χ4n) is 4.56. The summed E-state index contributed by atoms with van der Waals surface area (Å²) in [4.78, 5) is 28.0. The predicted octanol–water partition coefficient (Wildman–Crippen LogP) is 4.01. The molecule has 4 nitrogen and oxygen atoms in total. The number of hydrogen-bond acceptors (Lipinski definition) is 2. The lowest BCUT2D eigenvalue weighted by Crippen LogP contribution is -2.49. The molecule has 1 aliphatic carbocycles. The average Bonchev–Trinajstić information content (AvgIpc) is 3.04. The quantitative estimate of drug-likeness (QED) is 0.783. The summed E-state index contributed by atoms with van der Waals surface area (Å²) in [5.41, 5.74) is 0.691. The monoisotopic (exact) mass is 356 g/mol. The van der Waals surface area contributed by atoms with Gasteiger partial charge in [-0.3, -0.25) is 9.59 Å². The van der Waals surface area contributed by atoms with Crippen molar-refractivity contribution >= 4 is 11.8 Å². The van der Waals surface area contributed by atoms with Crippen LogP contribution in [0.4, 0.5) is 0 Å². The van der Waals surface area contributed by atoms with Crippen molar-refractivity contribution in [2.24, 2.45) is 11.8 Å². The summed E-state index contributed by atoms with van der Waals surface area (Å²) in [5.74, 6) is 1.18. The molecule has 2 fully saturated rings. The molecule has 3 unspecified atom stereocenters. The number of benzene rings is 1. The molecule has 142 valence electrons. The lowest BCUT2D eigenvalue weighted by Gasteiger charge is -2.33. The number of rotatable bonds is 6. The van der Waals surface area contributed by atoms with Crippen LogP contribution in [0.15, 0.2) is 30.3 Å². The molecular weight excluding hydrogens is 324 g/mol. The van der Waals surface area contributed by atoms with Crippen molar-refractivity contribution in [3.05, 3.63) is 35.9 Å². The zero-order valence-electron chi connectivity index (χ0n) is 16.1. The molecule has 0 spiro atoms. The highest BCUT2D eigenvalue weighted by molar-refractivity contribution is 5.98. The van der Waals surface area contributed by atoms with E-state index in [1.807, 2.05) is 35.2 Å². The Labute approximate surface area is 157 Å². The van der Waals surface area contributed by atoms with Crippen LogP contribution in [0.3, 0.4) is 0 Å². The largest absolute Gasteiger partial charge is 0.354 e. The van der Waals surface area contributed by atoms with E-state index < -0.39 is 0 Å². The van der Waals surface area contributed by atoms with Crippen LogP contribution in [-0.4, -0.2) is 35.3 Å². The summed E-state index contributed by atoms with van der Waals surface area (Å²) >= 11 is 0. The zero-order chi connectivity index (χ0) is 18.5. The summed E-state index contributed by atoms with van der Waals surface area (Å²) in [6.07, 6.45) is 7.47. The number of nitrogens with one attached hydrogen (secondary N) is 1. The minimum atomic E-state index is -0.310. The van der Waals surface area contributed by atoms with E-state index in [1.54, 1.807) is 0 Å². The highest BCUT2D eigenvalue weighted by Crippen LogP contribution is 2.40. The third-order valence-corrected chi connectivity index (χ3v) is 5.90. The SMILES string of the molecule is CC(C)CCCNC(=O)C1CC2CCCCC2N1C(=O)c1ccccc1. The van der Waals surface area contributed by atoms with E-state index >= 15 is 0 Å². The van der Waals surface area contributed by atoms with Crippen LogP contribution in [0.5, 0.6) is 0 Å². The van der Waals surface area contributed by atoms with E-state index in [1.165, 1.54) is 6.42 Å². The Morgan fingerprint density at radius 2 is 1.88 bits per heavy atom. The van der Waals surface area contributed by atoms with Crippen molar-refractivity contribution in [2.75, 3.05) is 6.54 Å². The predicted molar refractivity (Wildman–Crippen MR) is 104 cm³/mol. The second-order valence-electron chi connectivity index (χ2n) is 8.27. The van der Waals surface area contributed by atoms with E-state index in [2.05, 4.69) is 19.2 Å². The van der Waals surface area contributed by atoms with Crippen molar-refractivity contribution in [2.45, 2.75) is 70.9 Å². The molecule has 1 aromatic rings. The van der Waals surface area contributed by atoms with Crippen LogP contribution in [-0.2, 0) is 4.79 Å². The molecule has 0 aromatic heterocycles. The van der Waals surface area contributed by atoms with Crippen LogP contribution in [0.1, 0.15) is 69.2 Å². The lowest BCUT2D eigenvalue weighted by molar-refractivity contribution is -0.125. The van der Waals surface area contributed by atoms with Gasteiger partial charge in [0.2, 0.25) is 5.91 Å². The summed E-state index contributed by atoms with van der Waals surface area (Å²) in [6, 6.07) is 9.33. The fourth-order valence-corrected chi connectivity index (χ4v) is 4.56. The molecule has 2 aliphatic rings. The standard InChI is InChI=1S/C22H32N2O2/c1-16(2)9-8-14-23-21(25)20-15-18-12-6-7-13-19(18)24(20)22(26)17-10-4-3-5-11-17/h3-5,10-11,16,18-20H,6-9,12-15H2,1-2H3,(H,23,25). The minimum Gasteiger partial charge on any atom is -0.354 e. The molecule has 1 saturated carbocycles. The summed E-state index contributed by atoms with van der Waals surface area (Å²) in [6.45, 7) is 5.10. The third-order valence-electron chi connectivity index (χ3n) is 5.90. The van der Waals surface area contributed by atoms with Crippen LogP contribution >= 0.6 is 0 Å². The lowest BCUT2D eigenvalue weighted by atomic mass is 9.84. The Kier molecular flexibility index (Phi) is 6.33. The van der Waals surface area contributed by atoms with Gasteiger partial charge >= 0.3 is 0 Å². The van der Waals surface area contributed by atoms with Crippen LogP contribution in [0.25, 0.3) is 0 Å². The second-order valence-corrected chi connectivity index (χ2v) is 8.27. The first-order valence-electron chi connectivity index (χ1n) is 10.2. The van der Waals surface area contributed by atoms with Crippen molar-refractivity contribution in [1.29, 1.82) is 0 Å².